The Hall–Kier alpha value is -0.0800. The van der Waals surface area contributed by atoms with Crippen molar-refractivity contribution < 1.29 is 0 Å². The van der Waals surface area contributed by atoms with Crippen LogP contribution >= 0.6 is 0 Å². The Labute approximate surface area is 70.0 Å². The maximum atomic E-state index is 3.18. The highest BCUT2D eigenvalue weighted by atomic mass is 15.2. The van der Waals surface area contributed by atoms with Gasteiger partial charge in [-0.3, -0.25) is 0 Å². The lowest BCUT2D eigenvalue weighted by Crippen LogP contribution is -2.29. The SMILES string of the molecule is CNCCCN1CCCC1C. The van der Waals surface area contributed by atoms with E-state index in [2.05, 4.69) is 17.1 Å². The van der Waals surface area contributed by atoms with Crippen LogP contribution in [0.5, 0.6) is 0 Å². The van der Waals surface area contributed by atoms with Crippen LogP contribution < -0.4 is 5.32 Å². The van der Waals surface area contributed by atoms with E-state index in [0.29, 0.717) is 0 Å². The van der Waals surface area contributed by atoms with Crippen LogP contribution in [-0.2, 0) is 0 Å². The first-order chi connectivity index (χ1) is 5.34. The van der Waals surface area contributed by atoms with Crippen LogP contribution in [-0.4, -0.2) is 37.6 Å². The zero-order chi connectivity index (χ0) is 8.10. The highest BCUT2D eigenvalue weighted by Crippen LogP contribution is 2.15. The summed E-state index contributed by atoms with van der Waals surface area (Å²) in [6.45, 7) is 6.10. The predicted octanol–water partition coefficient (Wildman–Crippen LogP) is 1.08. The molecule has 1 rings (SSSR count). The van der Waals surface area contributed by atoms with Gasteiger partial charge in [-0.1, -0.05) is 0 Å². The third kappa shape index (κ3) is 2.80. The maximum Gasteiger partial charge on any atom is 0.00674 e. The van der Waals surface area contributed by atoms with E-state index in [4.69, 9.17) is 0 Å². The average Bonchev–Trinajstić information content (AvgIpc) is 2.37. The van der Waals surface area contributed by atoms with Gasteiger partial charge in [-0.2, -0.15) is 0 Å². The van der Waals surface area contributed by atoms with Crippen molar-refractivity contribution in [1.29, 1.82) is 0 Å². The highest BCUT2D eigenvalue weighted by Gasteiger charge is 2.18. The second kappa shape index (κ2) is 4.73. The van der Waals surface area contributed by atoms with E-state index < -0.39 is 0 Å². The zero-order valence-electron chi connectivity index (χ0n) is 7.77. The molecule has 1 aliphatic rings. The summed E-state index contributed by atoms with van der Waals surface area (Å²) in [4.78, 5) is 2.59. The van der Waals surface area contributed by atoms with E-state index in [1.54, 1.807) is 0 Å². The van der Waals surface area contributed by atoms with Crippen LogP contribution in [0.3, 0.4) is 0 Å². The molecule has 1 saturated heterocycles. The molecule has 0 aromatic carbocycles. The molecule has 1 N–H and O–H groups in total. The van der Waals surface area contributed by atoms with E-state index in [1.807, 2.05) is 7.05 Å². The van der Waals surface area contributed by atoms with Crippen molar-refractivity contribution in [2.75, 3.05) is 26.7 Å². The van der Waals surface area contributed by atoms with Gasteiger partial charge in [-0.05, 0) is 52.9 Å². The van der Waals surface area contributed by atoms with Crippen LogP contribution in [0.15, 0.2) is 0 Å². The number of nitrogens with one attached hydrogen (secondary N) is 1. The van der Waals surface area contributed by atoms with Gasteiger partial charge in [0.15, 0.2) is 0 Å². The first kappa shape index (κ1) is 9.01. The third-order valence-electron chi connectivity index (χ3n) is 2.56. The van der Waals surface area contributed by atoms with Crippen molar-refractivity contribution in [3.63, 3.8) is 0 Å². The summed E-state index contributed by atoms with van der Waals surface area (Å²) in [5.74, 6) is 0. The Morgan fingerprint density at radius 3 is 2.91 bits per heavy atom. The van der Waals surface area contributed by atoms with Gasteiger partial charge < -0.3 is 10.2 Å². The molecule has 0 spiro atoms. The molecule has 0 radical (unpaired) electrons. The first-order valence-corrected chi connectivity index (χ1v) is 4.73. The predicted molar refractivity (Wildman–Crippen MR) is 48.8 cm³/mol. The topological polar surface area (TPSA) is 15.3 Å². The maximum absolute atomic E-state index is 3.18. The minimum atomic E-state index is 0.840. The fraction of sp³-hybridized carbons (Fsp3) is 1.00. The zero-order valence-corrected chi connectivity index (χ0v) is 7.77. The van der Waals surface area contributed by atoms with Crippen molar-refractivity contribution in [1.82, 2.24) is 10.2 Å². The quantitative estimate of drug-likeness (QED) is 0.613. The summed E-state index contributed by atoms with van der Waals surface area (Å²) in [7, 11) is 2.02. The van der Waals surface area contributed by atoms with Gasteiger partial charge in [0.25, 0.3) is 0 Å². The lowest BCUT2D eigenvalue weighted by molar-refractivity contribution is 0.265. The summed E-state index contributed by atoms with van der Waals surface area (Å²) in [6, 6.07) is 0.840. The summed E-state index contributed by atoms with van der Waals surface area (Å²) >= 11 is 0. The molecular formula is C9H20N2. The molecular weight excluding hydrogens is 136 g/mol. The van der Waals surface area contributed by atoms with E-state index >= 15 is 0 Å². The van der Waals surface area contributed by atoms with Crippen molar-refractivity contribution in [2.45, 2.75) is 32.2 Å². The molecule has 2 nitrogen and oxygen atoms in total. The molecule has 66 valence electrons. The molecule has 0 aromatic rings. The number of hydrogen-bond donors (Lipinski definition) is 1. The number of hydrogen-bond acceptors (Lipinski definition) is 2. The summed E-state index contributed by atoms with van der Waals surface area (Å²) in [5, 5.41) is 3.18. The number of rotatable bonds is 4. The molecule has 0 saturated carbocycles. The Morgan fingerprint density at radius 1 is 1.55 bits per heavy atom. The molecule has 1 heterocycles. The standard InChI is InChI=1S/C9H20N2/c1-9-5-3-7-11(9)8-4-6-10-2/h9-10H,3-8H2,1-2H3. The van der Waals surface area contributed by atoms with Gasteiger partial charge >= 0.3 is 0 Å². The Morgan fingerprint density at radius 2 is 2.36 bits per heavy atom. The Kier molecular flexibility index (Phi) is 3.87. The molecule has 1 aliphatic heterocycles. The van der Waals surface area contributed by atoms with Gasteiger partial charge in [-0.25, -0.2) is 0 Å². The first-order valence-electron chi connectivity index (χ1n) is 4.73. The molecule has 1 fully saturated rings. The summed E-state index contributed by atoms with van der Waals surface area (Å²) < 4.78 is 0. The molecule has 1 unspecified atom stereocenters. The summed E-state index contributed by atoms with van der Waals surface area (Å²) in [6.07, 6.45) is 4.10. The fourth-order valence-electron chi connectivity index (χ4n) is 1.78. The normalized spacial score (nSPS) is 26.2. The number of likely N-dealkylation sites (tertiary alicyclic amines) is 1. The second-order valence-electron chi connectivity index (χ2n) is 3.48. The molecule has 0 aromatic heterocycles. The minimum absolute atomic E-state index is 0.840. The van der Waals surface area contributed by atoms with Crippen molar-refractivity contribution in [3.8, 4) is 0 Å². The third-order valence-corrected chi connectivity index (χ3v) is 2.56. The molecule has 0 bridgehead atoms. The average molecular weight is 156 g/mol. The monoisotopic (exact) mass is 156 g/mol. The van der Waals surface area contributed by atoms with Gasteiger partial charge in [-0.15, -0.1) is 0 Å². The fourth-order valence-corrected chi connectivity index (χ4v) is 1.78. The van der Waals surface area contributed by atoms with Crippen molar-refractivity contribution >= 4 is 0 Å². The largest absolute Gasteiger partial charge is 0.320 e. The lowest BCUT2D eigenvalue weighted by atomic mass is 10.2. The minimum Gasteiger partial charge on any atom is -0.320 e. The molecule has 0 amide bonds. The van der Waals surface area contributed by atoms with Crippen molar-refractivity contribution in [3.05, 3.63) is 0 Å². The van der Waals surface area contributed by atoms with Gasteiger partial charge in [0.05, 0.1) is 0 Å². The molecule has 11 heavy (non-hydrogen) atoms. The summed E-state index contributed by atoms with van der Waals surface area (Å²) in [5.41, 5.74) is 0. The smallest absolute Gasteiger partial charge is 0.00674 e. The number of nitrogens with zero attached hydrogens (tertiary/aromatic N) is 1. The van der Waals surface area contributed by atoms with Crippen LogP contribution in [0.4, 0.5) is 0 Å². The van der Waals surface area contributed by atoms with Crippen LogP contribution in [0.1, 0.15) is 26.2 Å². The van der Waals surface area contributed by atoms with Crippen LogP contribution in [0.2, 0.25) is 0 Å². The van der Waals surface area contributed by atoms with E-state index in [9.17, 15) is 0 Å². The molecule has 2 heteroatoms. The van der Waals surface area contributed by atoms with Crippen LogP contribution in [0, 0.1) is 0 Å². The van der Waals surface area contributed by atoms with Crippen molar-refractivity contribution in [2.24, 2.45) is 0 Å². The van der Waals surface area contributed by atoms with E-state index in [-0.39, 0.29) is 0 Å². The van der Waals surface area contributed by atoms with Crippen LogP contribution in [0.25, 0.3) is 0 Å². The Balaban J connectivity index is 2.05. The molecule has 1 atom stereocenters. The van der Waals surface area contributed by atoms with Gasteiger partial charge in [0.1, 0.15) is 0 Å². The van der Waals surface area contributed by atoms with E-state index in [1.165, 1.54) is 32.4 Å². The second-order valence-corrected chi connectivity index (χ2v) is 3.48. The van der Waals surface area contributed by atoms with E-state index in [0.717, 1.165) is 12.6 Å². The lowest BCUT2D eigenvalue weighted by Gasteiger charge is -2.20. The Bertz CT molecular complexity index is 104. The molecule has 0 aliphatic carbocycles. The highest BCUT2D eigenvalue weighted by molar-refractivity contribution is 4.74. The van der Waals surface area contributed by atoms with Gasteiger partial charge in [0, 0.05) is 6.04 Å². The van der Waals surface area contributed by atoms with Gasteiger partial charge in [0.2, 0.25) is 0 Å².